The first kappa shape index (κ1) is 18.8. The lowest BCUT2D eigenvalue weighted by atomic mass is 10.1. The van der Waals surface area contributed by atoms with Gasteiger partial charge in [-0.1, -0.05) is 17.3 Å². The van der Waals surface area contributed by atoms with Gasteiger partial charge in [-0.25, -0.2) is 0 Å². The molecule has 0 radical (unpaired) electrons. The fourth-order valence-corrected chi connectivity index (χ4v) is 3.28. The van der Waals surface area contributed by atoms with Gasteiger partial charge in [0.2, 0.25) is 17.6 Å². The molecule has 3 rings (SSSR count). The van der Waals surface area contributed by atoms with Crippen LogP contribution in [-0.2, 0) is 11.2 Å². The van der Waals surface area contributed by atoms with Gasteiger partial charge in [0.15, 0.2) is 0 Å². The van der Waals surface area contributed by atoms with E-state index in [1.165, 1.54) is 0 Å². The Labute approximate surface area is 160 Å². The maximum atomic E-state index is 12.2. The molecule has 0 unspecified atom stereocenters. The Morgan fingerprint density at radius 3 is 2.81 bits per heavy atom. The van der Waals surface area contributed by atoms with Crippen molar-refractivity contribution in [3.63, 3.8) is 0 Å². The molecule has 2 aromatic heterocycles. The number of hydrogen-bond donors (Lipinski definition) is 2. The molecule has 8 heteroatoms. The Kier molecular flexibility index (Phi) is 5.97. The number of aryl methyl sites for hydroxylation is 1. The Balaban J connectivity index is 1.53. The molecule has 0 aliphatic carbocycles. The molecule has 2 amide bonds. The molecule has 0 aliphatic heterocycles. The van der Waals surface area contributed by atoms with Crippen LogP contribution in [0, 0.1) is 6.92 Å². The number of hydrogen-bond acceptors (Lipinski definition) is 6. The van der Waals surface area contributed by atoms with Crippen LogP contribution in [0.2, 0.25) is 0 Å². The minimum Gasteiger partial charge on any atom is -0.355 e. The molecule has 0 bridgehead atoms. The first-order valence-electron chi connectivity index (χ1n) is 8.56. The van der Waals surface area contributed by atoms with Gasteiger partial charge in [-0.15, -0.1) is 11.3 Å². The van der Waals surface area contributed by atoms with E-state index in [0.717, 1.165) is 10.4 Å². The number of anilines is 1. The van der Waals surface area contributed by atoms with E-state index >= 15 is 0 Å². The molecule has 27 heavy (non-hydrogen) atoms. The van der Waals surface area contributed by atoms with E-state index in [2.05, 4.69) is 20.8 Å². The summed E-state index contributed by atoms with van der Waals surface area (Å²) >= 11 is 1.55. The van der Waals surface area contributed by atoms with Crippen molar-refractivity contribution in [1.29, 1.82) is 0 Å². The summed E-state index contributed by atoms with van der Waals surface area (Å²) in [5.74, 6) is 0.793. The minimum absolute atomic E-state index is 0.120. The van der Waals surface area contributed by atoms with E-state index in [-0.39, 0.29) is 11.8 Å². The second kappa shape index (κ2) is 8.59. The number of carbonyl (C=O) groups excluding carboxylic acids is 2. The van der Waals surface area contributed by atoms with Crippen LogP contribution >= 0.6 is 11.3 Å². The van der Waals surface area contributed by atoms with Crippen LogP contribution in [0.4, 0.5) is 5.69 Å². The summed E-state index contributed by atoms with van der Waals surface area (Å²) in [5, 5.41) is 11.4. The van der Waals surface area contributed by atoms with Crippen molar-refractivity contribution in [2.24, 2.45) is 0 Å². The maximum Gasteiger partial charge on any atom is 0.251 e. The van der Waals surface area contributed by atoms with Crippen LogP contribution in [0.15, 0.2) is 40.2 Å². The van der Waals surface area contributed by atoms with Crippen molar-refractivity contribution in [3.8, 4) is 10.7 Å². The predicted molar refractivity (Wildman–Crippen MR) is 104 cm³/mol. The lowest BCUT2D eigenvalue weighted by Gasteiger charge is -2.11. The monoisotopic (exact) mass is 384 g/mol. The van der Waals surface area contributed by atoms with E-state index < -0.39 is 0 Å². The number of amides is 2. The van der Waals surface area contributed by atoms with E-state index in [1.807, 2.05) is 24.4 Å². The molecule has 2 heterocycles. The lowest BCUT2D eigenvalue weighted by molar-refractivity contribution is -0.116. The van der Waals surface area contributed by atoms with Gasteiger partial charge < -0.3 is 15.2 Å². The van der Waals surface area contributed by atoms with Crippen LogP contribution < -0.4 is 10.6 Å². The van der Waals surface area contributed by atoms with Crippen molar-refractivity contribution < 1.29 is 14.1 Å². The summed E-state index contributed by atoms with van der Waals surface area (Å²) < 4.78 is 5.23. The molecular formula is C19H20N4O3S. The van der Waals surface area contributed by atoms with E-state index in [0.29, 0.717) is 42.2 Å². The molecule has 7 nitrogen and oxygen atoms in total. The van der Waals surface area contributed by atoms with Crippen molar-refractivity contribution in [2.45, 2.75) is 26.2 Å². The second-order valence-electron chi connectivity index (χ2n) is 5.95. The predicted octanol–water partition coefficient (Wildman–Crippen LogP) is 3.43. The van der Waals surface area contributed by atoms with Gasteiger partial charge in [-0.3, -0.25) is 9.59 Å². The zero-order valence-electron chi connectivity index (χ0n) is 15.1. The highest BCUT2D eigenvalue weighted by Crippen LogP contribution is 2.22. The van der Waals surface area contributed by atoms with Crippen LogP contribution in [0.1, 0.15) is 34.7 Å². The average molecular weight is 384 g/mol. The zero-order chi connectivity index (χ0) is 19.2. The van der Waals surface area contributed by atoms with E-state index in [4.69, 9.17) is 4.52 Å². The highest BCUT2D eigenvalue weighted by molar-refractivity contribution is 7.13. The molecule has 0 saturated heterocycles. The lowest BCUT2D eigenvalue weighted by Crippen LogP contribution is -2.20. The third-order valence-corrected chi connectivity index (χ3v) is 4.95. The Bertz CT molecular complexity index is 934. The van der Waals surface area contributed by atoms with Gasteiger partial charge >= 0.3 is 0 Å². The van der Waals surface area contributed by atoms with Crippen LogP contribution in [0.25, 0.3) is 10.7 Å². The minimum atomic E-state index is -0.179. The standard InChI is InChI=1S/C19H20N4O3S/c1-12-13(19(25)20-2)6-3-7-14(12)21-16(24)9-4-10-17-22-18(23-26-17)15-8-5-11-27-15/h3,5-8,11H,4,9-10H2,1-2H3,(H,20,25)(H,21,24). The van der Waals surface area contributed by atoms with Crippen molar-refractivity contribution in [1.82, 2.24) is 15.5 Å². The van der Waals surface area contributed by atoms with Crippen LogP contribution in [-0.4, -0.2) is 29.0 Å². The Morgan fingerprint density at radius 2 is 2.07 bits per heavy atom. The van der Waals surface area contributed by atoms with Crippen molar-refractivity contribution in [2.75, 3.05) is 12.4 Å². The smallest absolute Gasteiger partial charge is 0.251 e. The average Bonchev–Trinajstić information content (AvgIpc) is 3.34. The van der Waals surface area contributed by atoms with E-state index in [9.17, 15) is 9.59 Å². The largest absolute Gasteiger partial charge is 0.355 e. The molecular weight excluding hydrogens is 364 g/mol. The summed E-state index contributed by atoms with van der Waals surface area (Å²) in [6, 6.07) is 9.12. The van der Waals surface area contributed by atoms with Crippen molar-refractivity contribution >= 4 is 28.8 Å². The highest BCUT2D eigenvalue weighted by Gasteiger charge is 2.13. The highest BCUT2D eigenvalue weighted by atomic mass is 32.1. The Morgan fingerprint density at radius 1 is 1.22 bits per heavy atom. The van der Waals surface area contributed by atoms with Crippen molar-refractivity contribution in [3.05, 3.63) is 52.7 Å². The SMILES string of the molecule is CNC(=O)c1cccc(NC(=O)CCCc2nc(-c3cccs3)no2)c1C. The summed E-state index contributed by atoms with van der Waals surface area (Å²) in [4.78, 5) is 29.4. The molecule has 1 aromatic carbocycles. The third kappa shape index (κ3) is 4.59. The zero-order valence-corrected chi connectivity index (χ0v) is 15.9. The molecule has 0 fully saturated rings. The summed E-state index contributed by atoms with van der Waals surface area (Å²) in [6.07, 6.45) is 1.44. The molecule has 140 valence electrons. The van der Waals surface area contributed by atoms with Crippen LogP contribution in [0.3, 0.4) is 0 Å². The van der Waals surface area contributed by atoms with E-state index in [1.54, 1.807) is 36.6 Å². The maximum absolute atomic E-state index is 12.2. The number of aromatic nitrogens is 2. The van der Waals surface area contributed by atoms with Gasteiger partial charge in [0.1, 0.15) is 0 Å². The van der Waals surface area contributed by atoms with Gasteiger partial charge in [0.25, 0.3) is 5.91 Å². The fraction of sp³-hybridized carbons (Fsp3) is 0.263. The van der Waals surface area contributed by atoms with Gasteiger partial charge in [0.05, 0.1) is 4.88 Å². The molecule has 0 aliphatic rings. The molecule has 0 spiro atoms. The quantitative estimate of drug-likeness (QED) is 0.650. The number of rotatable bonds is 7. The summed E-state index contributed by atoms with van der Waals surface area (Å²) in [7, 11) is 1.58. The number of thiophene rings is 1. The first-order chi connectivity index (χ1) is 13.1. The van der Waals surface area contributed by atoms with Gasteiger partial charge in [-0.05, 0) is 42.5 Å². The number of carbonyl (C=O) groups is 2. The molecule has 2 N–H and O–H groups in total. The summed E-state index contributed by atoms with van der Waals surface area (Å²) in [6.45, 7) is 1.81. The number of benzene rings is 1. The fourth-order valence-electron chi connectivity index (χ4n) is 2.63. The third-order valence-electron chi connectivity index (χ3n) is 4.08. The Hall–Kier alpha value is -3.00. The van der Waals surface area contributed by atoms with Gasteiger partial charge in [-0.2, -0.15) is 4.98 Å². The topological polar surface area (TPSA) is 97.1 Å². The normalized spacial score (nSPS) is 10.6. The van der Waals surface area contributed by atoms with Gasteiger partial charge in [0, 0.05) is 31.1 Å². The molecule has 3 aromatic rings. The molecule has 0 atom stereocenters. The second-order valence-corrected chi connectivity index (χ2v) is 6.90. The molecule has 0 saturated carbocycles. The van der Waals surface area contributed by atoms with Crippen LogP contribution in [0.5, 0.6) is 0 Å². The summed E-state index contributed by atoms with van der Waals surface area (Å²) in [5.41, 5.74) is 1.92. The number of nitrogens with one attached hydrogen (secondary N) is 2. The first-order valence-corrected chi connectivity index (χ1v) is 9.44. The number of nitrogens with zero attached hydrogens (tertiary/aromatic N) is 2.